The Bertz CT molecular complexity index is 3470. The zero-order chi connectivity index (χ0) is 41.0. The molecule has 3 heterocycles. The molecule has 0 aliphatic carbocycles. The highest BCUT2D eigenvalue weighted by molar-refractivity contribution is 6.29. The van der Waals surface area contributed by atoms with Gasteiger partial charge < -0.3 is 9.13 Å². The van der Waals surface area contributed by atoms with Crippen LogP contribution in [0, 0.1) is 0 Å². The van der Waals surface area contributed by atoms with Crippen LogP contribution in [0.25, 0.3) is 111 Å². The number of hydrogen-bond acceptors (Lipinski definition) is 2. The fraction of sp³-hybridized carbons (Fsp3) is 0. The van der Waals surface area contributed by atoms with Gasteiger partial charge in [0.15, 0.2) is 5.82 Å². The molecule has 0 fully saturated rings. The van der Waals surface area contributed by atoms with E-state index >= 15 is 0 Å². The van der Waals surface area contributed by atoms with Crippen molar-refractivity contribution in [1.29, 1.82) is 0 Å². The molecule has 0 amide bonds. The lowest BCUT2D eigenvalue weighted by molar-refractivity contribution is 1.16. The van der Waals surface area contributed by atoms with Crippen LogP contribution in [-0.2, 0) is 0 Å². The van der Waals surface area contributed by atoms with E-state index in [0.717, 1.165) is 72.7 Å². The number of benzene rings is 9. The van der Waals surface area contributed by atoms with Crippen molar-refractivity contribution in [3.05, 3.63) is 231 Å². The summed E-state index contributed by atoms with van der Waals surface area (Å²) in [5.41, 5.74) is 16.1. The highest BCUT2D eigenvalue weighted by Crippen LogP contribution is 2.47. The van der Waals surface area contributed by atoms with Gasteiger partial charge >= 0.3 is 0 Å². The molecule has 62 heavy (non-hydrogen) atoms. The summed E-state index contributed by atoms with van der Waals surface area (Å²) in [7, 11) is 0. The van der Waals surface area contributed by atoms with E-state index in [2.05, 4.69) is 228 Å². The van der Waals surface area contributed by atoms with Gasteiger partial charge in [-0.05, 0) is 65.7 Å². The monoisotopic (exact) mass is 790 g/mol. The Morgan fingerprint density at radius 2 is 0.677 bits per heavy atom. The Morgan fingerprint density at radius 1 is 0.290 bits per heavy atom. The van der Waals surface area contributed by atoms with Gasteiger partial charge in [-0.3, -0.25) is 0 Å². The Hall–Kier alpha value is -8.34. The third-order valence-corrected chi connectivity index (χ3v) is 12.1. The third-order valence-electron chi connectivity index (χ3n) is 12.1. The van der Waals surface area contributed by atoms with E-state index in [1.54, 1.807) is 0 Å². The molecule has 9 aromatic carbocycles. The average Bonchev–Trinajstić information content (AvgIpc) is 3.87. The lowest BCUT2D eigenvalue weighted by Crippen LogP contribution is -2.03. The van der Waals surface area contributed by atoms with Crippen LogP contribution >= 0.6 is 0 Å². The highest BCUT2D eigenvalue weighted by Gasteiger charge is 2.25. The van der Waals surface area contributed by atoms with Crippen molar-refractivity contribution < 1.29 is 0 Å². The minimum Gasteiger partial charge on any atom is -0.309 e. The molecule has 0 atom stereocenters. The van der Waals surface area contributed by atoms with Crippen molar-refractivity contribution in [3.8, 4) is 67.5 Å². The molecule has 12 aromatic rings. The summed E-state index contributed by atoms with van der Waals surface area (Å²) in [6, 6.07) is 82.1. The molecule has 4 nitrogen and oxygen atoms in total. The number of fused-ring (bicyclic) bond motifs is 7. The van der Waals surface area contributed by atoms with Crippen LogP contribution in [0.15, 0.2) is 231 Å². The van der Waals surface area contributed by atoms with Crippen LogP contribution in [0.1, 0.15) is 0 Å². The average molecular weight is 791 g/mol. The van der Waals surface area contributed by atoms with Crippen molar-refractivity contribution in [1.82, 2.24) is 19.1 Å². The second-order valence-corrected chi connectivity index (χ2v) is 15.7. The van der Waals surface area contributed by atoms with E-state index in [1.165, 1.54) is 32.6 Å². The van der Waals surface area contributed by atoms with Gasteiger partial charge in [0.25, 0.3) is 0 Å². The molecular weight excluding hydrogens is 753 g/mol. The van der Waals surface area contributed by atoms with E-state index in [1.807, 2.05) is 12.1 Å². The first-order valence-corrected chi connectivity index (χ1v) is 21.1. The Kier molecular flexibility index (Phi) is 8.46. The summed E-state index contributed by atoms with van der Waals surface area (Å²) in [4.78, 5) is 10.7. The predicted molar refractivity (Wildman–Crippen MR) is 258 cm³/mol. The van der Waals surface area contributed by atoms with Gasteiger partial charge in [-0.15, -0.1) is 0 Å². The van der Waals surface area contributed by atoms with E-state index < -0.39 is 0 Å². The largest absolute Gasteiger partial charge is 0.309 e. The molecule has 0 spiro atoms. The molecule has 290 valence electrons. The second-order valence-electron chi connectivity index (χ2n) is 15.7. The SMILES string of the molecule is c1ccc(-c2cc(-c3ccccc3)nc(-c3cc(-c4ccccc4)c(-n4c5ccccc5c5c6c7ccccc7n(-c7ccccc7)c6ccc54)c(-c4ccccc4)c3)n2)cc1. The zero-order valence-electron chi connectivity index (χ0n) is 33.7. The quantitative estimate of drug-likeness (QED) is 0.161. The van der Waals surface area contributed by atoms with Crippen LogP contribution in [0.4, 0.5) is 0 Å². The smallest absolute Gasteiger partial charge is 0.160 e. The normalized spacial score (nSPS) is 11.5. The Labute approximate surface area is 359 Å². The van der Waals surface area contributed by atoms with Crippen LogP contribution in [0.3, 0.4) is 0 Å². The molecule has 4 heteroatoms. The van der Waals surface area contributed by atoms with Gasteiger partial charge in [0.1, 0.15) is 0 Å². The summed E-state index contributed by atoms with van der Waals surface area (Å²) in [5.74, 6) is 0.670. The van der Waals surface area contributed by atoms with Gasteiger partial charge in [0.2, 0.25) is 0 Å². The molecule has 0 bridgehead atoms. The van der Waals surface area contributed by atoms with Crippen molar-refractivity contribution in [2.24, 2.45) is 0 Å². The highest BCUT2D eigenvalue weighted by atomic mass is 15.0. The fourth-order valence-corrected chi connectivity index (χ4v) is 9.38. The maximum atomic E-state index is 5.33. The van der Waals surface area contributed by atoms with Crippen LogP contribution in [-0.4, -0.2) is 19.1 Å². The minimum atomic E-state index is 0.670. The Balaban J connectivity index is 1.21. The molecular formula is C58H38N4. The Morgan fingerprint density at radius 3 is 1.16 bits per heavy atom. The molecule has 0 aliphatic rings. The van der Waals surface area contributed by atoms with Crippen LogP contribution < -0.4 is 0 Å². The van der Waals surface area contributed by atoms with E-state index in [4.69, 9.17) is 9.97 Å². The van der Waals surface area contributed by atoms with Crippen LogP contribution in [0.5, 0.6) is 0 Å². The van der Waals surface area contributed by atoms with Crippen LogP contribution in [0.2, 0.25) is 0 Å². The third kappa shape index (κ3) is 5.84. The lowest BCUT2D eigenvalue weighted by atomic mass is 9.92. The van der Waals surface area contributed by atoms with Crippen molar-refractivity contribution in [2.45, 2.75) is 0 Å². The summed E-state index contributed by atoms with van der Waals surface area (Å²) in [6.45, 7) is 0. The van der Waals surface area contributed by atoms with Gasteiger partial charge in [-0.1, -0.05) is 176 Å². The molecule has 0 radical (unpaired) electrons. The molecule has 0 aliphatic heterocycles. The summed E-state index contributed by atoms with van der Waals surface area (Å²) in [6.07, 6.45) is 0. The molecule has 12 rings (SSSR count). The van der Waals surface area contributed by atoms with E-state index in [9.17, 15) is 0 Å². The number of nitrogens with zero attached hydrogens (tertiary/aromatic N) is 4. The first-order valence-electron chi connectivity index (χ1n) is 21.1. The zero-order valence-corrected chi connectivity index (χ0v) is 33.7. The maximum absolute atomic E-state index is 5.33. The van der Waals surface area contributed by atoms with Gasteiger partial charge in [0, 0.05) is 55.0 Å². The van der Waals surface area contributed by atoms with E-state index in [-0.39, 0.29) is 0 Å². The molecule has 3 aromatic heterocycles. The number of aromatic nitrogens is 4. The number of rotatable bonds is 7. The summed E-state index contributed by atoms with van der Waals surface area (Å²) < 4.78 is 4.91. The van der Waals surface area contributed by atoms with E-state index in [0.29, 0.717) is 5.82 Å². The second kappa shape index (κ2) is 14.7. The first-order chi connectivity index (χ1) is 30.8. The van der Waals surface area contributed by atoms with Crippen molar-refractivity contribution in [2.75, 3.05) is 0 Å². The molecule has 0 saturated carbocycles. The van der Waals surface area contributed by atoms with Gasteiger partial charge in [-0.25, -0.2) is 9.97 Å². The molecule has 0 saturated heterocycles. The number of hydrogen-bond donors (Lipinski definition) is 0. The molecule has 0 unspecified atom stereocenters. The first kappa shape index (κ1) is 35.6. The predicted octanol–water partition coefficient (Wildman–Crippen LogP) is 15.0. The fourth-order valence-electron chi connectivity index (χ4n) is 9.38. The standard InChI is InChI=1S/C58H38N4/c1-6-20-39(21-7-1)47-36-43(58-59-49(41-24-10-3-11-25-41)38-50(60-58)42-26-12-4-13-27-42)37-48(40-22-8-2-9-23-40)57(47)62-52-33-19-17-31-46(52)56-54(62)35-34-53-55(56)45-30-16-18-32-51(45)61(53)44-28-14-5-15-29-44/h1-38H. The number of para-hydroxylation sites is 3. The minimum absolute atomic E-state index is 0.670. The van der Waals surface area contributed by atoms with Crippen molar-refractivity contribution in [3.63, 3.8) is 0 Å². The molecule has 0 N–H and O–H groups in total. The topological polar surface area (TPSA) is 35.6 Å². The summed E-state index contributed by atoms with van der Waals surface area (Å²) >= 11 is 0. The van der Waals surface area contributed by atoms with Crippen molar-refractivity contribution >= 4 is 43.6 Å². The lowest BCUT2D eigenvalue weighted by Gasteiger charge is -2.21. The van der Waals surface area contributed by atoms with Gasteiger partial charge in [-0.2, -0.15) is 0 Å². The maximum Gasteiger partial charge on any atom is 0.160 e. The van der Waals surface area contributed by atoms with Gasteiger partial charge in [0.05, 0.1) is 39.1 Å². The summed E-state index contributed by atoms with van der Waals surface area (Å²) in [5, 5.41) is 4.91.